The number of hydrogen-bond acceptors (Lipinski definition) is 1. The van der Waals surface area contributed by atoms with Gasteiger partial charge in [0.05, 0.1) is 0 Å². The molecule has 0 amide bonds. The molecule has 0 atom stereocenters. The number of allylic oxidation sites excluding steroid dienone is 3. The van der Waals surface area contributed by atoms with Crippen molar-refractivity contribution in [3.05, 3.63) is 24.8 Å². The van der Waals surface area contributed by atoms with E-state index in [4.69, 9.17) is 0 Å². The summed E-state index contributed by atoms with van der Waals surface area (Å²) in [7, 11) is 0. The normalized spacial score (nSPS) is 11.0. The first kappa shape index (κ1) is 18.1. The third-order valence-electron chi connectivity index (χ3n) is 3.43. The molecular weight excluding hydrogens is 232 g/mol. The van der Waals surface area contributed by atoms with Crippen LogP contribution in [0.15, 0.2) is 24.8 Å². The fourth-order valence-electron chi connectivity index (χ4n) is 2.14. The summed E-state index contributed by atoms with van der Waals surface area (Å²) >= 11 is 0. The maximum Gasteiger partial charge on any atom is 0.155 e. The first-order valence-electron chi connectivity index (χ1n) is 8.11. The van der Waals surface area contributed by atoms with E-state index in [1.165, 1.54) is 63.9 Å². The van der Waals surface area contributed by atoms with Crippen LogP contribution in [0.25, 0.3) is 0 Å². The molecule has 0 heterocycles. The Bertz CT molecular complexity index is 240. The van der Waals surface area contributed by atoms with E-state index in [0.29, 0.717) is 6.42 Å². The van der Waals surface area contributed by atoms with Crippen molar-refractivity contribution in [2.45, 2.75) is 84.0 Å². The summed E-state index contributed by atoms with van der Waals surface area (Å²) in [5, 5.41) is 0. The largest absolute Gasteiger partial charge is 0.295 e. The molecule has 0 aromatic rings. The molecule has 110 valence electrons. The molecule has 0 fully saturated rings. The highest BCUT2D eigenvalue weighted by molar-refractivity contribution is 5.89. The Labute approximate surface area is 120 Å². The van der Waals surface area contributed by atoms with Gasteiger partial charge in [0.1, 0.15) is 0 Å². The van der Waals surface area contributed by atoms with Gasteiger partial charge < -0.3 is 0 Å². The number of rotatable bonds is 14. The second-order valence-corrected chi connectivity index (χ2v) is 5.30. The summed E-state index contributed by atoms with van der Waals surface area (Å²) in [6.07, 6.45) is 20.8. The Hall–Kier alpha value is -0.850. The summed E-state index contributed by atoms with van der Waals surface area (Å²) < 4.78 is 0. The van der Waals surface area contributed by atoms with Crippen molar-refractivity contribution in [2.75, 3.05) is 0 Å². The zero-order valence-electron chi connectivity index (χ0n) is 12.8. The second-order valence-electron chi connectivity index (χ2n) is 5.30. The highest BCUT2D eigenvalue weighted by Gasteiger charge is 1.92. The number of ketones is 1. The van der Waals surface area contributed by atoms with Gasteiger partial charge in [0.25, 0.3) is 0 Å². The fourth-order valence-corrected chi connectivity index (χ4v) is 2.14. The monoisotopic (exact) mass is 264 g/mol. The van der Waals surface area contributed by atoms with E-state index in [9.17, 15) is 4.79 Å². The Morgan fingerprint density at radius 3 is 1.95 bits per heavy atom. The molecule has 0 aromatic heterocycles. The van der Waals surface area contributed by atoms with Gasteiger partial charge in [0, 0.05) is 6.42 Å². The van der Waals surface area contributed by atoms with Gasteiger partial charge in [0.2, 0.25) is 0 Å². The molecule has 0 aliphatic carbocycles. The molecule has 0 saturated carbocycles. The first-order chi connectivity index (χ1) is 9.31. The van der Waals surface area contributed by atoms with E-state index < -0.39 is 0 Å². The number of unbranched alkanes of at least 4 members (excludes halogenated alkanes) is 9. The Kier molecular flexibility index (Phi) is 14.5. The van der Waals surface area contributed by atoms with Crippen molar-refractivity contribution in [1.29, 1.82) is 0 Å². The standard InChI is InChI=1S/C18H32O/c1-3-5-6-7-8-9-10-11-12-13-14-15-16-17-18(19)4-2/h4,14-15H,2-3,5-13,16-17H2,1H3. The topological polar surface area (TPSA) is 17.1 Å². The Morgan fingerprint density at radius 1 is 0.842 bits per heavy atom. The van der Waals surface area contributed by atoms with Crippen molar-refractivity contribution >= 4 is 5.78 Å². The van der Waals surface area contributed by atoms with Gasteiger partial charge in [-0.05, 0) is 25.3 Å². The molecule has 0 aliphatic heterocycles. The average molecular weight is 264 g/mol. The predicted molar refractivity (Wildman–Crippen MR) is 85.4 cm³/mol. The molecule has 0 aliphatic rings. The number of hydrogen-bond donors (Lipinski definition) is 0. The van der Waals surface area contributed by atoms with Crippen molar-refractivity contribution in [3.8, 4) is 0 Å². The van der Waals surface area contributed by atoms with Crippen LogP contribution in [0.1, 0.15) is 84.0 Å². The Balaban J connectivity index is 3.11. The van der Waals surface area contributed by atoms with Crippen LogP contribution in [0.2, 0.25) is 0 Å². The summed E-state index contributed by atoms with van der Waals surface area (Å²) in [5.74, 6) is 0.146. The van der Waals surface area contributed by atoms with Gasteiger partial charge in [-0.3, -0.25) is 4.79 Å². The van der Waals surface area contributed by atoms with Crippen molar-refractivity contribution < 1.29 is 4.79 Å². The zero-order chi connectivity index (χ0) is 14.2. The molecular formula is C18H32O. The van der Waals surface area contributed by atoms with Crippen molar-refractivity contribution in [1.82, 2.24) is 0 Å². The first-order valence-corrected chi connectivity index (χ1v) is 8.11. The average Bonchev–Trinajstić information content (AvgIpc) is 2.43. The summed E-state index contributed by atoms with van der Waals surface area (Å²) in [4.78, 5) is 11.0. The van der Waals surface area contributed by atoms with Gasteiger partial charge in [-0.1, -0.05) is 77.0 Å². The third kappa shape index (κ3) is 15.1. The molecule has 0 radical (unpaired) electrons. The summed E-state index contributed by atoms with van der Waals surface area (Å²) in [6.45, 7) is 5.73. The lowest BCUT2D eigenvalue weighted by atomic mass is 10.1. The lowest BCUT2D eigenvalue weighted by Gasteiger charge is -2.00. The van der Waals surface area contributed by atoms with Gasteiger partial charge in [0.15, 0.2) is 5.78 Å². The van der Waals surface area contributed by atoms with Crippen LogP contribution in [0.3, 0.4) is 0 Å². The molecule has 0 saturated heterocycles. The Morgan fingerprint density at radius 2 is 1.37 bits per heavy atom. The highest BCUT2D eigenvalue weighted by atomic mass is 16.1. The quantitative estimate of drug-likeness (QED) is 0.214. The molecule has 1 heteroatoms. The van der Waals surface area contributed by atoms with E-state index in [0.717, 1.165) is 12.8 Å². The smallest absolute Gasteiger partial charge is 0.155 e. The number of carbonyl (C=O) groups excluding carboxylic acids is 1. The van der Waals surface area contributed by atoms with Crippen LogP contribution in [0, 0.1) is 0 Å². The zero-order valence-corrected chi connectivity index (χ0v) is 12.8. The van der Waals surface area contributed by atoms with E-state index in [2.05, 4.69) is 25.7 Å². The minimum Gasteiger partial charge on any atom is -0.295 e. The van der Waals surface area contributed by atoms with Crippen molar-refractivity contribution in [2.24, 2.45) is 0 Å². The molecule has 1 nitrogen and oxygen atoms in total. The van der Waals surface area contributed by atoms with Crippen LogP contribution in [-0.2, 0) is 4.79 Å². The molecule has 0 spiro atoms. The van der Waals surface area contributed by atoms with Gasteiger partial charge >= 0.3 is 0 Å². The van der Waals surface area contributed by atoms with Crippen LogP contribution in [0.5, 0.6) is 0 Å². The molecule has 19 heavy (non-hydrogen) atoms. The highest BCUT2D eigenvalue weighted by Crippen LogP contribution is 2.10. The van der Waals surface area contributed by atoms with Crippen molar-refractivity contribution in [3.63, 3.8) is 0 Å². The van der Waals surface area contributed by atoms with E-state index in [-0.39, 0.29) is 5.78 Å². The van der Waals surface area contributed by atoms with Crippen LogP contribution < -0.4 is 0 Å². The minimum absolute atomic E-state index is 0.146. The molecule has 0 unspecified atom stereocenters. The fraction of sp³-hybridized carbons (Fsp3) is 0.722. The molecule has 0 rings (SSSR count). The lowest BCUT2D eigenvalue weighted by Crippen LogP contribution is -1.88. The number of carbonyl (C=O) groups is 1. The van der Waals surface area contributed by atoms with Gasteiger partial charge in [-0.2, -0.15) is 0 Å². The van der Waals surface area contributed by atoms with E-state index in [1.54, 1.807) is 0 Å². The van der Waals surface area contributed by atoms with E-state index >= 15 is 0 Å². The maximum atomic E-state index is 11.0. The molecule has 0 bridgehead atoms. The summed E-state index contributed by atoms with van der Waals surface area (Å²) in [5.41, 5.74) is 0. The third-order valence-corrected chi connectivity index (χ3v) is 3.43. The second kappa shape index (κ2) is 15.2. The van der Waals surface area contributed by atoms with Gasteiger partial charge in [-0.25, -0.2) is 0 Å². The molecule has 0 aromatic carbocycles. The lowest BCUT2D eigenvalue weighted by molar-refractivity contribution is -0.114. The summed E-state index contributed by atoms with van der Waals surface area (Å²) in [6, 6.07) is 0. The van der Waals surface area contributed by atoms with Crippen LogP contribution in [-0.4, -0.2) is 5.78 Å². The predicted octanol–water partition coefficient (Wildman–Crippen LogP) is 6.00. The maximum absolute atomic E-state index is 11.0. The SMILES string of the molecule is C=CC(=O)CCC=CCCCCCCCCCCC. The van der Waals surface area contributed by atoms with Gasteiger partial charge in [-0.15, -0.1) is 0 Å². The van der Waals surface area contributed by atoms with Crippen LogP contribution in [0.4, 0.5) is 0 Å². The van der Waals surface area contributed by atoms with Crippen LogP contribution >= 0.6 is 0 Å². The molecule has 0 N–H and O–H groups in total. The van der Waals surface area contributed by atoms with E-state index in [1.807, 2.05) is 0 Å². The minimum atomic E-state index is 0.146.